The van der Waals surface area contributed by atoms with Crippen molar-refractivity contribution >= 4 is 0 Å². The summed E-state index contributed by atoms with van der Waals surface area (Å²) in [6.07, 6.45) is 6.30. The van der Waals surface area contributed by atoms with Crippen molar-refractivity contribution in [2.24, 2.45) is 23.2 Å². The second kappa shape index (κ2) is 8.59. The van der Waals surface area contributed by atoms with Crippen molar-refractivity contribution in [1.29, 1.82) is 0 Å². The van der Waals surface area contributed by atoms with E-state index in [0.717, 1.165) is 30.8 Å². The standard InChI is InChI=1S/C22H35NO5/c24-12-18-20(26)21(27)19(25)17(23-18)4-2-1-3-5-28-13-22-9-14-6-15(10-22)8-16(7-14)11-22/h14-21,23-27H,1,3,5-13H2/t14?,15?,16?,17-,18+,19-,20+,21+,22?/m0/s1. The van der Waals surface area contributed by atoms with E-state index in [1.54, 1.807) is 0 Å². The highest BCUT2D eigenvalue weighted by Crippen LogP contribution is 2.60. The Morgan fingerprint density at radius 1 is 0.929 bits per heavy atom. The van der Waals surface area contributed by atoms with Crippen molar-refractivity contribution in [3.05, 3.63) is 0 Å². The Kier molecular flexibility index (Phi) is 6.32. The molecule has 5 atom stereocenters. The van der Waals surface area contributed by atoms with Crippen LogP contribution in [-0.2, 0) is 4.74 Å². The molecule has 5 rings (SSSR count). The third kappa shape index (κ3) is 4.26. The fourth-order valence-corrected chi connectivity index (χ4v) is 6.55. The Hall–Kier alpha value is -0.680. The van der Waals surface area contributed by atoms with Crippen molar-refractivity contribution in [3.63, 3.8) is 0 Å². The molecule has 0 aromatic rings. The molecule has 4 aliphatic carbocycles. The van der Waals surface area contributed by atoms with Gasteiger partial charge in [0.2, 0.25) is 0 Å². The maximum atomic E-state index is 10.0. The van der Waals surface area contributed by atoms with Crippen LogP contribution in [0.25, 0.3) is 0 Å². The first-order valence-corrected chi connectivity index (χ1v) is 11.0. The lowest BCUT2D eigenvalue weighted by Crippen LogP contribution is -2.65. The van der Waals surface area contributed by atoms with Gasteiger partial charge in [-0.1, -0.05) is 5.92 Å². The molecule has 0 radical (unpaired) electrons. The maximum absolute atomic E-state index is 10.0. The molecule has 0 aromatic heterocycles. The summed E-state index contributed by atoms with van der Waals surface area (Å²) in [5, 5.41) is 41.8. The minimum atomic E-state index is -1.30. The van der Waals surface area contributed by atoms with E-state index in [1.807, 2.05) is 0 Å². The molecule has 0 aromatic carbocycles. The highest BCUT2D eigenvalue weighted by molar-refractivity contribution is 5.15. The second-order valence-electron chi connectivity index (χ2n) is 9.80. The van der Waals surface area contributed by atoms with E-state index in [1.165, 1.54) is 38.5 Å². The van der Waals surface area contributed by atoms with Crippen LogP contribution in [0.1, 0.15) is 51.4 Å². The average molecular weight is 394 g/mol. The summed E-state index contributed by atoms with van der Waals surface area (Å²) in [4.78, 5) is 0. The maximum Gasteiger partial charge on any atom is 0.110 e. The van der Waals surface area contributed by atoms with Gasteiger partial charge in [-0.25, -0.2) is 0 Å². The summed E-state index contributed by atoms with van der Waals surface area (Å²) in [5.41, 5.74) is 0.451. The first-order valence-electron chi connectivity index (χ1n) is 11.0. The van der Waals surface area contributed by atoms with E-state index < -0.39 is 30.4 Å². The molecule has 5 aliphatic rings. The number of hydrogen-bond acceptors (Lipinski definition) is 6. The fourth-order valence-electron chi connectivity index (χ4n) is 6.55. The second-order valence-corrected chi connectivity index (χ2v) is 9.80. The highest BCUT2D eigenvalue weighted by Gasteiger charge is 2.50. The monoisotopic (exact) mass is 393 g/mol. The van der Waals surface area contributed by atoms with Gasteiger partial charge in [-0.15, -0.1) is 5.92 Å². The lowest BCUT2D eigenvalue weighted by molar-refractivity contribution is -0.111. The molecule has 6 nitrogen and oxygen atoms in total. The van der Waals surface area contributed by atoms with Crippen molar-refractivity contribution in [1.82, 2.24) is 5.32 Å². The molecule has 0 amide bonds. The number of hydrogen-bond donors (Lipinski definition) is 5. The Morgan fingerprint density at radius 3 is 2.18 bits per heavy atom. The van der Waals surface area contributed by atoms with Crippen LogP contribution in [0, 0.1) is 35.0 Å². The van der Waals surface area contributed by atoms with E-state index in [9.17, 15) is 20.4 Å². The van der Waals surface area contributed by atoms with E-state index >= 15 is 0 Å². The SMILES string of the molecule is OC[C@H]1N[C@@H](C#CCCCOCC23CC4CC(CC(C4)C2)C3)[C@H](O)[C@@H](O)[C@@H]1O. The van der Waals surface area contributed by atoms with Crippen molar-refractivity contribution in [2.45, 2.75) is 81.8 Å². The number of aliphatic hydroxyl groups excluding tert-OH is 4. The largest absolute Gasteiger partial charge is 0.395 e. The summed E-state index contributed by atoms with van der Waals surface area (Å²) in [6.45, 7) is 1.29. The first kappa shape index (κ1) is 20.6. The van der Waals surface area contributed by atoms with Crippen molar-refractivity contribution in [3.8, 4) is 11.8 Å². The third-order valence-electron chi connectivity index (χ3n) is 7.47. The van der Waals surface area contributed by atoms with E-state index in [4.69, 9.17) is 4.74 Å². The predicted molar refractivity (Wildman–Crippen MR) is 104 cm³/mol. The normalized spacial score (nSPS) is 47.0. The molecule has 5 N–H and O–H groups in total. The van der Waals surface area contributed by atoms with Gasteiger partial charge in [-0.2, -0.15) is 0 Å². The Morgan fingerprint density at radius 2 is 1.57 bits per heavy atom. The molecule has 0 unspecified atom stereocenters. The summed E-state index contributed by atoms with van der Waals surface area (Å²) in [7, 11) is 0. The summed E-state index contributed by atoms with van der Waals surface area (Å²) in [5.74, 6) is 8.81. The summed E-state index contributed by atoms with van der Waals surface area (Å²) >= 11 is 0. The molecule has 6 heteroatoms. The number of aliphatic hydroxyl groups is 4. The van der Waals surface area contributed by atoms with Crippen LogP contribution < -0.4 is 5.32 Å². The first-order chi connectivity index (χ1) is 13.5. The zero-order valence-corrected chi connectivity index (χ0v) is 16.6. The predicted octanol–water partition coefficient (Wildman–Crippen LogP) is 0.418. The van der Waals surface area contributed by atoms with Gasteiger partial charge in [-0.3, -0.25) is 5.32 Å². The molecule has 1 saturated heterocycles. The number of ether oxygens (including phenoxy) is 1. The smallest absolute Gasteiger partial charge is 0.110 e. The Balaban J connectivity index is 1.17. The van der Waals surface area contributed by atoms with Gasteiger partial charge in [0.15, 0.2) is 0 Å². The Labute approximate surface area is 167 Å². The molecule has 4 bridgehead atoms. The molecule has 1 heterocycles. The van der Waals surface area contributed by atoms with E-state index in [-0.39, 0.29) is 6.61 Å². The quantitative estimate of drug-likeness (QED) is 0.331. The van der Waals surface area contributed by atoms with Crippen LogP contribution in [0.4, 0.5) is 0 Å². The zero-order chi connectivity index (χ0) is 19.7. The molecule has 158 valence electrons. The van der Waals surface area contributed by atoms with Gasteiger partial charge in [0.05, 0.1) is 25.3 Å². The fraction of sp³-hybridized carbons (Fsp3) is 0.909. The van der Waals surface area contributed by atoms with Crippen molar-refractivity contribution in [2.75, 3.05) is 19.8 Å². The van der Waals surface area contributed by atoms with Crippen LogP contribution in [-0.4, -0.2) is 70.6 Å². The number of rotatable bonds is 6. The molecule has 0 spiro atoms. The van der Waals surface area contributed by atoms with Crippen LogP contribution >= 0.6 is 0 Å². The van der Waals surface area contributed by atoms with Crippen molar-refractivity contribution < 1.29 is 25.2 Å². The molecule has 5 fully saturated rings. The van der Waals surface area contributed by atoms with Gasteiger partial charge in [0.1, 0.15) is 18.3 Å². The third-order valence-corrected chi connectivity index (χ3v) is 7.47. The van der Waals surface area contributed by atoms with Crippen LogP contribution in [0.3, 0.4) is 0 Å². The van der Waals surface area contributed by atoms with E-state index in [0.29, 0.717) is 18.4 Å². The van der Waals surface area contributed by atoms with Crippen LogP contribution in [0.15, 0.2) is 0 Å². The lowest BCUT2D eigenvalue weighted by atomic mass is 9.50. The van der Waals surface area contributed by atoms with E-state index in [2.05, 4.69) is 17.2 Å². The van der Waals surface area contributed by atoms with Gasteiger partial charge >= 0.3 is 0 Å². The van der Waals surface area contributed by atoms with Crippen LogP contribution in [0.2, 0.25) is 0 Å². The highest BCUT2D eigenvalue weighted by atomic mass is 16.5. The topological polar surface area (TPSA) is 102 Å². The molecule has 1 aliphatic heterocycles. The summed E-state index contributed by atoms with van der Waals surface area (Å²) < 4.78 is 6.06. The molecule has 4 saturated carbocycles. The molecular formula is C22H35NO5. The minimum Gasteiger partial charge on any atom is -0.395 e. The summed E-state index contributed by atoms with van der Waals surface area (Å²) in [6, 6.07) is -1.33. The molecule has 28 heavy (non-hydrogen) atoms. The molecular weight excluding hydrogens is 358 g/mol. The number of unbranched alkanes of at least 4 members (excludes halogenated alkanes) is 1. The average Bonchev–Trinajstić information content (AvgIpc) is 2.66. The van der Waals surface area contributed by atoms with Crippen LogP contribution in [0.5, 0.6) is 0 Å². The van der Waals surface area contributed by atoms with Gasteiger partial charge in [-0.05, 0) is 68.1 Å². The van der Waals surface area contributed by atoms with Gasteiger partial charge in [0.25, 0.3) is 0 Å². The number of piperidine rings is 1. The number of nitrogens with one attached hydrogen (secondary N) is 1. The Bertz CT molecular complexity index is 562. The lowest BCUT2D eigenvalue weighted by Gasteiger charge is -2.56. The zero-order valence-electron chi connectivity index (χ0n) is 16.6. The van der Waals surface area contributed by atoms with Gasteiger partial charge < -0.3 is 25.2 Å². The van der Waals surface area contributed by atoms with Gasteiger partial charge in [0, 0.05) is 13.0 Å². The minimum absolute atomic E-state index is 0.318.